The molecule has 0 aromatic heterocycles. The van der Waals surface area contributed by atoms with Crippen LogP contribution in [0.4, 0.5) is 0 Å². The molecule has 0 radical (unpaired) electrons. The lowest BCUT2D eigenvalue weighted by Crippen LogP contribution is -2.14. The number of fused-ring (bicyclic) bond motifs is 14. The summed E-state index contributed by atoms with van der Waals surface area (Å²) in [4.78, 5) is 0. The van der Waals surface area contributed by atoms with Gasteiger partial charge in [0.15, 0.2) is 0 Å². The molecule has 54 heavy (non-hydrogen) atoms. The van der Waals surface area contributed by atoms with E-state index in [4.69, 9.17) is 0 Å². The summed E-state index contributed by atoms with van der Waals surface area (Å²) in [7, 11) is -0.780. The zero-order valence-corrected chi connectivity index (χ0v) is 33.4. The van der Waals surface area contributed by atoms with Crippen LogP contribution in [-0.2, 0) is 12.3 Å². The minimum Gasteiger partial charge on any atom is -0.0935 e. The van der Waals surface area contributed by atoms with E-state index >= 15 is 0 Å². The first-order valence-electron chi connectivity index (χ1n) is 20.3. The lowest BCUT2D eigenvalue weighted by Gasteiger charge is -2.40. The maximum atomic E-state index is 2.61. The SMILES string of the molecule is CCCC[P@]1Cc2ccc3ccccc3c2-c2c(ccc3ccccc23)[C@H]1[C@@H]1c2ccc3ccccc3c2-c2c(ccc3ccccc23)C[P@@]1CCCC. The molecule has 4 atom stereocenters. The van der Waals surface area contributed by atoms with Crippen LogP contribution in [-0.4, -0.2) is 12.3 Å². The number of rotatable bonds is 7. The Balaban J connectivity index is 1.33. The van der Waals surface area contributed by atoms with Gasteiger partial charge in [-0.3, -0.25) is 0 Å². The highest BCUT2D eigenvalue weighted by Gasteiger charge is 2.43. The fraction of sp³-hybridized carbons (Fsp3) is 0.231. The number of benzene rings is 8. The van der Waals surface area contributed by atoms with Crippen molar-refractivity contribution in [3.63, 3.8) is 0 Å². The number of unbranched alkanes of at least 4 members (excludes halogenated alkanes) is 2. The monoisotopic (exact) mass is 734 g/mol. The average molecular weight is 735 g/mol. The molecule has 0 bridgehead atoms. The predicted molar refractivity (Wildman–Crippen MR) is 240 cm³/mol. The van der Waals surface area contributed by atoms with E-state index in [0.717, 1.165) is 0 Å². The zero-order valence-electron chi connectivity index (χ0n) is 31.6. The highest BCUT2D eigenvalue weighted by Crippen LogP contribution is 2.74. The van der Waals surface area contributed by atoms with Crippen LogP contribution >= 0.6 is 15.8 Å². The molecule has 2 aliphatic rings. The Labute approximate surface area is 323 Å². The molecule has 0 saturated carbocycles. The smallest absolute Gasteiger partial charge is 0.0160 e. The van der Waals surface area contributed by atoms with Gasteiger partial charge >= 0.3 is 0 Å². The molecule has 8 aromatic rings. The molecule has 0 aliphatic carbocycles. The third kappa shape index (κ3) is 5.64. The van der Waals surface area contributed by atoms with Crippen LogP contribution in [0, 0.1) is 0 Å². The molecule has 2 heteroatoms. The lowest BCUT2D eigenvalue weighted by atomic mass is 9.83. The molecule has 266 valence electrons. The van der Waals surface area contributed by atoms with Crippen LogP contribution < -0.4 is 0 Å². The molecule has 0 amide bonds. The fourth-order valence-electron chi connectivity index (χ4n) is 10.0. The van der Waals surface area contributed by atoms with Gasteiger partial charge in [0, 0.05) is 11.3 Å². The molecule has 0 unspecified atom stereocenters. The third-order valence-corrected chi connectivity index (χ3v) is 18.8. The van der Waals surface area contributed by atoms with Gasteiger partial charge in [-0.2, -0.15) is 0 Å². The van der Waals surface area contributed by atoms with Crippen LogP contribution in [0.15, 0.2) is 146 Å². The van der Waals surface area contributed by atoms with Crippen LogP contribution in [0.25, 0.3) is 65.3 Å². The summed E-state index contributed by atoms with van der Waals surface area (Å²) in [6.45, 7) is 4.79. The molecule has 10 rings (SSSR count). The van der Waals surface area contributed by atoms with Crippen molar-refractivity contribution < 1.29 is 0 Å². The largest absolute Gasteiger partial charge is 0.0935 e. The van der Waals surface area contributed by atoms with E-state index in [1.54, 1.807) is 22.3 Å². The molecule has 8 aromatic carbocycles. The highest BCUT2D eigenvalue weighted by atomic mass is 31.1. The summed E-state index contributed by atoms with van der Waals surface area (Å²) in [6, 6.07) is 56.9. The van der Waals surface area contributed by atoms with Gasteiger partial charge in [-0.05, 0) is 125 Å². The molecule has 0 nitrogen and oxygen atoms in total. The van der Waals surface area contributed by atoms with E-state index in [-0.39, 0.29) is 15.8 Å². The molecule has 0 fully saturated rings. The van der Waals surface area contributed by atoms with E-state index in [2.05, 4.69) is 159 Å². The van der Waals surface area contributed by atoms with E-state index in [1.807, 2.05) is 0 Å². The molecule has 0 N–H and O–H groups in total. The maximum Gasteiger partial charge on any atom is 0.0160 e. The minimum atomic E-state index is -0.390. The van der Waals surface area contributed by atoms with Crippen molar-refractivity contribution in [1.29, 1.82) is 0 Å². The van der Waals surface area contributed by atoms with Crippen LogP contribution in [0.2, 0.25) is 0 Å². The van der Waals surface area contributed by atoms with E-state index < -0.39 is 0 Å². The first kappa shape index (κ1) is 34.2. The molecule has 0 spiro atoms. The minimum absolute atomic E-state index is 0.390. The van der Waals surface area contributed by atoms with Crippen LogP contribution in [0.5, 0.6) is 0 Å². The van der Waals surface area contributed by atoms with Crippen LogP contribution in [0.1, 0.15) is 73.1 Å². The van der Waals surface area contributed by atoms with Gasteiger partial charge in [0.1, 0.15) is 0 Å². The van der Waals surface area contributed by atoms with E-state index in [9.17, 15) is 0 Å². The van der Waals surface area contributed by atoms with Crippen LogP contribution in [0.3, 0.4) is 0 Å². The van der Waals surface area contributed by atoms with Gasteiger partial charge in [0.2, 0.25) is 0 Å². The van der Waals surface area contributed by atoms with Crippen molar-refractivity contribution >= 4 is 58.9 Å². The summed E-state index contributed by atoms with van der Waals surface area (Å²) in [5.74, 6) is 0. The Hall–Kier alpha value is -4.34. The molecule has 0 saturated heterocycles. The predicted octanol–water partition coefficient (Wildman–Crippen LogP) is 16.0. The first-order chi connectivity index (χ1) is 26.7. The van der Waals surface area contributed by atoms with Crippen molar-refractivity contribution in [2.75, 3.05) is 12.3 Å². The first-order valence-corrected chi connectivity index (χ1v) is 23.8. The second kappa shape index (κ2) is 14.4. The van der Waals surface area contributed by atoms with Gasteiger partial charge in [-0.1, -0.05) is 188 Å². The fourth-order valence-corrected chi connectivity index (χ4v) is 17.6. The van der Waals surface area contributed by atoms with Crippen molar-refractivity contribution in [2.24, 2.45) is 0 Å². The quantitative estimate of drug-likeness (QED) is 0.143. The third-order valence-electron chi connectivity index (χ3n) is 12.5. The van der Waals surface area contributed by atoms with Gasteiger partial charge in [-0.15, -0.1) is 0 Å². The van der Waals surface area contributed by atoms with Gasteiger partial charge < -0.3 is 0 Å². The number of hydrogen-bond acceptors (Lipinski definition) is 0. The van der Waals surface area contributed by atoms with Gasteiger partial charge in [-0.25, -0.2) is 0 Å². The van der Waals surface area contributed by atoms with Gasteiger partial charge in [0.05, 0.1) is 0 Å². The Morgan fingerprint density at radius 3 is 1.09 bits per heavy atom. The van der Waals surface area contributed by atoms with Gasteiger partial charge in [0.25, 0.3) is 0 Å². The zero-order chi connectivity index (χ0) is 36.2. The summed E-state index contributed by atoms with van der Waals surface area (Å²) >= 11 is 0. The van der Waals surface area contributed by atoms with Crippen molar-refractivity contribution in [2.45, 2.75) is 63.2 Å². The van der Waals surface area contributed by atoms with E-state index in [1.165, 1.54) is 116 Å². The second-order valence-corrected chi connectivity index (χ2v) is 20.7. The Bertz CT molecular complexity index is 2500. The molecular formula is C52H48P2. The second-order valence-electron chi connectivity index (χ2n) is 15.7. The standard InChI is InChI=1S/C52H48P2/c1-3-5-31-53-33-39-25-23-35-15-7-11-19-41(35)47(39)49-43-21-13-9-17-37(43)27-29-45(49)51(53)52-46-30-28-38-18-10-14-22-44(38)50(46)48-40(34-54(52)32-6-4-2)26-24-36-16-8-12-20-42(36)48/h7-30,51-52H,3-6,31-34H2,1-2H3/t51-,52-,53+,54+/m0/s1. The molecule has 2 aliphatic heterocycles. The maximum absolute atomic E-state index is 2.61. The van der Waals surface area contributed by atoms with Crippen molar-refractivity contribution in [1.82, 2.24) is 0 Å². The summed E-state index contributed by atoms with van der Waals surface area (Å²) in [6.07, 6.45) is 10.1. The topological polar surface area (TPSA) is 0 Å². The summed E-state index contributed by atoms with van der Waals surface area (Å²) in [5, 5.41) is 11.1. The normalized spacial score (nSPS) is 19.2. The molecule has 2 heterocycles. The van der Waals surface area contributed by atoms with E-state index in [0.29, 0.717) is 11.3 Å². The van der Waals surface area contributed by atoms with Crippen molar-refractivity contribution in [3.8, 4) is 22.3 Å². The number of hydrogen-bond donors (Lipinski definition) is 0. The highest BCUT2D eigenvalue weighted by molar-refractivity contribution is 7.61. The molecular weight excluding hydrogens is 687 g/mol. The lowest BCUT2D eigenvalue weighted by molar-refractivity contribution is 0.832. The van der Waals surface area contributed by atoms with Crippen molar-refractivity contribution in [3.05, 3.63) is 168 Å². The average Bonchev–Trinajstić information content (AvgIpc) is 3.46. The Morgan fingerprint density at radius 2 is 0.722 bits per heavy atom. The summed E-state index contributed by atoms with van der Waals surface area (Å²) in [5.41, 5.74) is 13.4. The summed E-state index contributed by atoms with van der Waals surface area (Å²) < 4.78 is 0. The Kier molecular flexibility index (Phi) is 9.10. The Morgan fingerprint density at radius 1 is 0.389 bits per heavy atom.